The summed E-state index contributed by atoms with van der Waals surface area (Å²) in [6.07, 6.45) is 0. The number of hydrogen-bond donors (Lipinski definition) is 1. The fourth-order valence-corrected chi connectivity index (χ4v) is 3.41. The van der Waals surface area contributed by atoms with Gasteiger partial charge in [-0.3, -0.25) is 4.79 Å². The molecule has 3 aromatic rings. The summed E-state index contributed by atoms with van der Waals surface area (Å²) in [4.78, 5) is 11.8. The van der Waals surface area contributed by atoms with Gasteiger partial charge in [0.2, 0.25) is 10.0 Å². The molecule has 2 aromatic carbocycles. The van der Waals surface area contributed by atoms with Crippen LogP contribution in [0.3, 0.4) is 0 Å². The van der Waals surface area contributed by atoms with E-state index < -0.39 is 10.0 Å². The maximum absolute atomic E-state index is 12.4. The number of rotatable bonds is 7. The van der Waals surface area contributed by atoms with Crippen LogP contribution in [0.2, 0.25) is 0 Å². The topological polar surface area (TPSA) is 90.3 Å². The second-order valence-corrected chi connectivity index (χ2v) is 7.59. The first-order chi connectivity index (χ1) is 12.9. The number of benzene rings is 2. The Morgan fingerprint density at radius 3 is 2.33 bits per heavy atom. The van der Waals surface area contributed by atoms with Crippen molar-refractivity contribution in [3.8, 4) is 11.5 Å². The van der Waals surface area contributed by atoms with E-state index in [1.165, 1.54) is 22.9 Å². The van der Waals surface area contributed by atoms with E-state index in [2.05, 4.69) is 9.82 Å². The van der Waals surface area contributed by atoms with Crippen molar-refractivity contribution >= 4 is 10.0 Å². The molecule has 8 heteroatoms. The number of aromatic nitrogens is 2. The van der Waals surface area contributed by atoms with Crippen molar-refractivity contribution in [1.29, 1.82) is 0 Å². The van der Waals surface area contributed by atoms with Crippen LogP contribution >= 0.6 is 0 Å². The molecule has 0 saturated carbocycles. The van der Waals surface area contributed by atoms with E-state index in [0.29, 0.717) is 17.2 Å². The van der Waals surface area contributed by atoms with E-state index in [1.807, 2.05) is 30.3 Å². The van der Waals surface area contributed by atoms with Crippen LogP contribution in [0.1, 0.15) is 5.69 Å². The predicted octanol–water partition coefficient (Wildman–Crippen LogP) is 2.32. The third-order valence-electron chi connectivity index (χ3n) is 3.73. The molecule has 0 amide bonds. The highest BCUT2D eigenvalue weighted by Gasteiger charge is 2.13. The fourth-order valence-electron chi connectivity index (χ4n) is 2.39. The van der Waals surface area contributed by atoms with Gasteiger partial charge in [0.15, 0.2) is 0 Å². The Morgan fingerprint density at radius 1 is 0.963 bits per heavy atom. The molecule has 1 N–H and O–H groups in total. The van der Waals surface area contributed by atoms with Crippen LogP contribution in [0, 0.1) is 6.92 Å². The summed E-state index contributed by atoms with van der Waals surface area (Å²) in [6.45, 7) is 1.97. The molecular weight excluding hydrogens is 366 g/mol. The molecule has 0 spiro atoms. The zero-order valence-electron chi connectivity index (χ0n) is 14.7. The monoisotopic (exact) mass is 385 g/mol. The molecular formula is C19H19N3O4S. The first-order valence-electron chi connectivity index (χ1n) is 8.31. The summed E-state index contributed by atoms with van der Waals surface area (Å²) >= 11 is 0. The van der Waals surface area contributed by atoms with Crippen LogP contribution in [-0.2, 0) is 16.6 Å². The molecule has 0 bridgehead atoms. The molecule has 140 valence electrons. The van der Waals surface area contributed by atoms with E-state index in [1.54, 1.807) is 25.1 Å². The summed E-state index contributed by atoms with van der Waals surface area (Å²) in [5.41, 5.74) is 0.411. The van der Waals surface area contributed by atoms with Gasteiger partial charge in [0, 0.05) is 12.6 Å². The molecule has 0 aliphatic carbocycles. The molecule has 1 aromatic heterocycles. The first-order valence-corrected chi connectivity index (χ1v) is 9.80. The van der Waals surface area contributed by atoms with Crippen LogP contribution in [-0.4, -0.2) is 24.7 Å². The average molecular weight is 385 g/mol. The number of aryl methyl sites for hydroxylation is 1. The van der Waals surface area contributed by atoms with E-state index in [-0.39, 0.29) is 23.5 Å². The van der Waals surface area contributed by atoms with Crippen LogP contribution in [0.4, 0.5) is 0 Å². The summed E-state index contributed by atoms with van der Waals surface area (Å²) in [6, 6.07) is 18.4. The van der Waals surface area contributed by atoms with Crippen molar-refractivity contribution in [1.82, 2.24) is 14.5 Å². The van der Waals surface area contributed by atoms with E-state index in [0.717, 1.165) is 0 Å². The van der Waals surface area contributed by atoms with Crippen molar-refractivity contribution in [3.63, 3.8) is 0 Å². The van der Waals surface area contributed by atoms with Gasteiger partial charge >= 0.3 is 0 Å². The highest BCUT2D eigenvalue weighted by molar-refractivity contribution is 7.89. The molecule has 3 rings (SSSR count). The lowest BCUT2D eigenvalue weighted by molar-refractivity contribution is 0.482. The lowest BCUT2D eigenvalue weighted by Gasteiger charge is -2.09. The van der Waals surface area contributed by atoms with E-state index in [9.17, 15) is 13.2 Å². The fraction of sp³-hybridized carbons (Fsp3) is 0.158. The first kappa shape index (κ1) is 18.8. The number of nitrogens with one attached hydrogen (secondary N) is 1. The van der Waals surface area contributed by atoms with Crippen LogP contribution in [0.15, 0.2) is 76.4 Å². The summed E-state index contributed by atoms with van der Waals surface area (Å²) < 4.78 is 34.1. The van der Waals surface area contributed by atoms with Crippen molar-refractivity contribution in [2.75, 3.05) is 6.54 Å². The number of hydrogen-bond acceptors (Lipinski definition) is 5. The number of ether oxygens (including phenoxy) is 1. The van der Waals surface area contributed by atoms with Gasteiger partial charge in [-0.15, -0.1) is 0 Å². The Morgan fingerprint density at radius 2 is 1.63 bits per heavy atom. The standard InChI is InChI=1S/C19H19N3O4S/c1-15-7-12-19(23)22(21-15)14-13-20-27(24,25)18-10-8-17(9-11-18)26-16-5-3-2-4-6-16/h2-12,20H,13-14H2,1H3. The average Bonchev–Trinajstić information content (AvgIpc) is 2.66. The molecule has 0 unspecified atom stereocenters. The Balaban J connectivity index is 1.62. The summed E-state index contributed by atoms with van der Waals surface area (Å²) in [5, 5.41) is 4.07. The van der Waals surface area contributed by atoms with Crippen molar-refractivity contribution in [3.05, 3.63) is 82.8 Å². The summed E-state index contributed by atoms with van der Waals surface area (Å²) in [7, 11) is -3.69. The lowest BCUT2D eigenvalue weighted by Crippen LogP contribution is -2.32. The zero-order valence-corrected chi connectivity index (χ0v) is 15.5. The molecule has 1 heterocycles. The van der Waals surface area contributed by atoms with Gasteiger partial charge < -0.3 is 4.74 Å². The highest BCUT2D eigenvalue weighted by Crippen LogP contribution is 2.22. The smallest absolute Gasteiger partial charge is 0.266 e. The van der Waals surface area contributed by atoms with Crippen molar-refractivity contribution in [2.24, 2.45) is 0 Å². The minimum Gasteiger partial charge on any atom is -0.457 e. The Labute approximate surface area is 157 Å². The van der Waals surface area contributed by atoms with Gasteiger partial charge in [-0.05, 0) is 49.4 Å². The predicted molar refractivity (Wildman–Crippen MR) is 101 cm³/mol. The maximum Gasteiger partial charge on any atom is 0.266 e. The number of sulfonamides is 1. The van der Waals surface area contributed by atoms with E-state index in [4.69, 9.17) is 4.74 Å². The normalized spacial score (nSPS) is 11.3. The van der Waals surface area contributed by atoms with Gasteiger partial charge in [-0.1, -0.05) is 18.2 Å². The van der Waals surface area contributed by atoms with Crippen LogP contribution < -0.4 is 15.0 Å². The van der Waals surface area contributed by atoms with Gasteiger partial charge in [0.25, 0.3) is 5.56 Å². The van der Waals surface area contributed by atoms with Crippen molar-refractivity contribution < 1.29 is 13.2 Å². The largest absolute Gasteiger partial charge is 0.457 e. The van der Waals surface area contributed by atoms with Gasteiger partial charge in [-0.2, -0.15) is 5.10 Å². The Bertz CT molecular complexity index is 1060. The highest BCUT2D eigenvalue weighted by atomic mass is 32.2. The molecule has 0 aliphatic heterocycles. The third kappa shape index (κ3) is 5.02. The zero-order chi connectivity index (χ0) is 19.3. The SMILES string of the molecule is Cc1ccc(=O)n(CCNS(=O)(=O)c2ccc(Oc3ccccc3)cc2)n1. The van der Waals surface area contributed by atoms with Crippen LogP contribution in [0.25, 0.3) is 0 Å². The number of para-hydroxylation sites is 1. The van der Waals surface area contributed by atoms with Crippen molar-refractivity contribution in [2.45, 2.75) is 18.4 Å². The minimum atomic E-state index is -3.69. The molecule has 0 fully saturated rings. The quantitative estimate of drug-likeness (QED) is 0.674. The molecule has 0 saturated heterocycles. The van der Waals surface area contributed by atoms with Gasteiger partial charge in [0.05, 0.1) is 17.1 Å². The lowest BCUT2D eigenvalue weighted by atomic mass is 10.3. The molecule has 7 nitrogen and oxygen atoms in total. The molecule has 0 radical (unpaired) electrons. The molecule has 0 atom stereocenters. The Kier molecular flexibility index (Phi) is 5.68. The van der Waals surface area contributed by atoms with E-state index >= 15 is 0 Å². The summed E-state index contributed by atoms with van der Waals surface area (Å²) in [5.74, 6) is 1.21. The minimum absolute atomic E-state index is 0.0565. The van der Waals surface area contributed by atoms with Crippen LogP contribution in [0.5, 0.6) is 11.5 Å². The number of nitrogens with zero attached hydrogens (tertiary/aromatic N) is 2. The Hall–Kier alpha value is -2.97. The maximum atomic E-state index is 12.4. The van der Waals surface area contributed by atoms with Gasteiger partial charge in [-0.25, -0.2) is 17.8 Å². The van der Waals surface area contributed by atoms with Gasteiger partial charge in [0.1, 0.15) is 11.5 Å². The molecule has 0 aliphatic rings. The molecule has 27 heavy (non-hydrogen) atoms. The second kappa shape index (κ2) is 8.15. The second-order valence-electron chi connectivity index (χ2n) is 5.82. The third-order valence-corrected chi connectivity index (χ3v) is 5.21.